The maximum absolute atomic E-state index is 11.6. The Balaban J connectivity index is 2.08. The highest BCUT2D eigenvalue weighted by atomic mass is 16.6. The molecule has 0 aliphatic heterocycles. The fourth-order valence-electron chi connectivity index (χ4n) is 1.69. The molecule has 0 fully saturated rings. The molecule has 0 spiro atoms. The van der Waals surface area contributed by atoms with E-state index < -0.39 is 11.7 Å². The molecule has 0 aliphatic rings. The van der Waals surface area contributed by atoms with Crippen molar-refractivity contribution >= 4 is 17.1 Å². The Morgan fingerprint density at radius 3 is 2.80 bits per heavy atom. The molecule has 108 valence electrons. The van der Waals surface area contributed by atoms with Gasteiger partial charge >= 0.3 is 6.09 Å². The van der Waals surface area contributed by atoms with Crippen molar-refractivity contribution in [2.75, 3.05) is 7.11 Å². The Hall–Kier alpha value is -2.24. The van der Waals surface area contributed by atoms with Crippen LogP contribution in [0.4, 0.5) is 4.79 Å². The smallest absolute Gasteiger partial charge is 0.407 e. The van der Waals surface area contributed by atoms with Crippen molar-refractivity contribution in [3.63, 3.8) is 0 Å². The van der Waals surface area contributed by atoms with Gasteiger partial charge in [0.25, 0.3) is 0 Å². The van der Waals surface area contributed by atoms with Crippen LogP contribution in [0.3, 0.4) is 0 Å². The summed E-state index contributed by atoms with van der Waals surface area (Å²) in [5, 5.41) is 7.39. The fraction of sp³-hybridized carbons (Fsp3) is 0.429. The van der Waals surface area contributed by atoms with Crippen LogP contribution in [0, 0.1) is 0 Å². The van der Waals surface area contributed by atoms with Gasteiger partial charge in [0.15, 0.2) is 5.58 Å². The van der Waals surface area contributed by atoms with E-state index in [0.717, 1.165) is 5.39 Å². The van der Waals surface area contributed by atoms with Gasteiger partial charge in [0, 0.05) is 0 Å². The maximum atomic E-state index is 11.6. The number of alkyl carbamates (subject to hydrolysis) is 1. The molecule has 0 bridgehead atoms. The van der Waals surface area contributed by atoms with Crippen molar-refractivity contribution in [1.29, 1.82) is 0 Å². The van der Waals surface area contributed by atoms with Crippen molar-refractivity contribution in [1.82, 2.24) is 10.5 Å². The predicted molar refractivity (Wildman–Crippen MR) is 73.6 cm³/mol. The standard InChI is InChI=1S/C14H18N2O4/c1-14(2,3)19-13(17)15-8-11-10-7-9(18-4)5-6-12(10)20-16-11/h5-7H,8H2,1-4H3,(H,15,17). The molecule has 1 heterocycles. The summed E-state index contributed by atoms with van der Waals surface area (Å²) < 4.78 is 15.5. The molecule has 1 aromatic carbocycles. The molecule has 0 unspecified atom stereocenters. The summed E-state index contributed by atoms with van der Waals surface area (Å²) in [5.74, 6) is 0.708. The average Bonchev–Trinajstić information content (AvgIpc) is 2.76. The Labute approximate surface area is 117 Å². The van der Waals surface area contributed by atoms with Crippen molar-refractivity contribution < 1.29 is 18.8 Å². The second kappa shape index (κ2) is 5.40. The molecule has 1 amide bonds. The second-order valence-electron chi connectivity index (χ2n) is 5.35. The summed E-state index contributed by atoms with van der Waals surface area (Å²) in [6.07, 6.45) is -0.489. The first-order valence-corrected chi connectivity index (χ1v) is 6.28. The molecule has 0 atom stereocenters. The summed E-state index contributed by atoms with van der Waals surface area (Å²) >= 11 is 0. The number of nitrogens with zero attached hydrogens (tertiary/aromatic N) is 1. The zero-order chi connectivity index (χ0) is 14.8. The molecule has 0 saturated carbocycles. The van der Waals surface area contributed by atoms with Gasteiger partial charge in [-0.15, -0.1) is 0 Å². The van der Waals surface area contributed by atoms with E-state index in [4.69, 9.17) is 14.0 Å². The van der Waals surface area contributed by atoms with Crippen LogP contribution in [0.1, 0.15) is 26.5 Å². The number of nitrogens with one attached hydrogen (secondary N) is 1. The van der Waals surface area contributed by atoms with Crippen LogP contribution in [0.25, 0.3) is 11.0 Å². The van der Waals surface area contributed by atoms with Crippen LogP contribution in [0.5, 0.6) is 5.75 Å². The Kier molecular flexibility index (Phi) is 3.83. The number of rotatable bonds is 3. The molecule has 0 aliphatic carbocycles. The molecule has 2 rings (SSSR count). The van der Waals surface area contributed by atoms with E-state index in [9.17, 15) is 4.79 Å². The van der Waals surface area contributed by atoms with Crippen LogP contribution >= 0.6 is 0 Å². The summed E-state index contributed by atoms with van der Waals surface area (Å²) in [6, 6.07) is 5.38. The minimum Gasteiger partial charge on any atom is -0.497 e. The summed E-state index contributed by atoms with van der Waals surface area (Å²) in [4.78, 5) is 11.6. The maximum Gasteiger partial charge on any atom is 0.407 e. The highest BCUT2D eigenvalue weighted by molar-refractivity contribution is 5.81. The number of benzene rings is 1. The number of amides is 1. The van der Waals surface area contributed by atoms with Gasteiger partial charge in [-0.25, -0.2) is 4.79 Å². The van der Waals surface area contributed by atoms with Gasteiger partial charge in [-0.2, -0.15) is 0 Å². The average molecular weight is 278 g/mol. The molecule has 1 N–H and O–H groups in total. The molecule has 6 heteroatoms. The van der Waals surface area contributed by atoms with E-state index in [0.29, 0.717) is 17.0 Å². The van der Waals surface area contributed by atoms with Crippen LogP contribution in [-0.4, -0.2) is 24.0 Å². The molecule has 6 nitrogen and oxygen atoms in total. The number of ether oxygens (including phenoxy) is 2. The minimum atomic E-state index is -0.529. The number of hydrogen-bond acceptors (Lipinski definition) is 5. The Morgan fingerprint density at radius 2 is 2.15 bits per heavy atom. The summed E-state index contributed by atoms with van der Waals surface area (Å²) in [7, 11) is 1.59. The number of fused-ring (bicyclic) bond motifs is 1. The molecular formula is C14H18N2O4. The molecular weight excluding hydrogens is 260 g/mol. The largest absolute Gasteiger partial charge is 0.497 e. The van der Waals surface area contributed by atoms with Crippen LogP contribution in [-0.2, 0) is 11.3 Å². The minimum absolute atomic E-state index is 0.231. The SMILES string of the molecule is COc1ccc2onc(CNC(=O)OC(C)(C)C)c2c1. The number of methoxy groups -OCH3 is 1. The van der Waals surface area contributed by atoms with Gasteiger partial charge in [-0.1, -0.05) is 5.16 Å². The van der Waals surface area contributed by atoms with Crippen molar-refractivity contribution in [3.05, 3.63) is 23.9 Å². The van der Waals surface area contributed by atoms with E-state index in [2.05, 4.69) is 10.5 Å². The topological polar surface area (TPSA) is 73.6 Å². The van der Waals surface area contributed by atoms with Crippen LogP contribution in [0.2, 0.25) is 0 Å². The molecule has 1 aromatic heterocycles. The number of carbonyl (C=O) groups is 1. The number of hydrogen-bond donors (Lipinski definition) is 1. The number of carbonyl (C=O) groups excluding carboxylic acids is 1. The monoisotopic (exact) mass is 278 g/mol. The first-order valence-electron chi connectivity index (χ1n) is 6.28. The third-order valence-electron chi connectivity index (χ3n) is 2.55. The Bertz CT molecular complexity index is 613. The van der Waals surface area contributed by atoms with Gasteiger partial charge in [0.1, 0.15) is 17.0 Å². The van der Waals surface area contributed by atoms with E-state index in [1.54, 1.807) is 19.2 Å². The lowest BCUT2D eigenvalue weighted by molar-refractivity contribution is 0.0523. The third kappa shape index (κ3) is 3.40. The van der Waals surface area contributed by atoms with Crippen LogP contribution < -0.4 is 10.1 Å². The zero-order valence-corrected chi connectivity index (χ0v) is 12.0. The highest BCUT2D eigenvalue weighted by Crippen LogP contribution is 2.23. The van der Waals surface area contributed by atoms with Gasteiger partial charge < -0.3 is 19.3 Å². The highest BCUT2D eigenvalue weighted by Gasteiger charge is 2.17. The van der Waals surface area contributed by atoms with Gasteiger partial charge in [-0.05, 0) is 39.0 Å². The predicted octanol–water partition coefficient (Wildman–Crippen LogP) is 2.86. The summed E-state index contributed by atoms with van der Waals surface area (Å²) in [5.41, 5.74) is 0.746. The summed E-state index contributed by atoms with van der Waals surface area (Å²) in [6.45, 7) is 5.66. The normalized spacial score (nSPS) is 11.4. The third-order valence-corrected chi connectivity index (χ3v) is 2.55. The lowest BCUT2D eigenvalue weighted by Gasteiger charge is -2.19. The zero-order valence-electron chi connectivity index (χ0n) is 12.0. The second-order valence-corrected chi connectivity index (χ2v) is 5.35. The molecule has 2 aromatic rings. The van der Waals surface area contributed by atoms with Gasteiger partial charge in [0.2, 0.25) is 0 Å². The Morgan fingerprint density at radius 1 is 1.40 bits per heavy atom. The van der Waals surface area contributed by atoms with Gasteiger partial charge in [0.05, 0.1) is 19.0 Å². The van der Waals surface area contributed by atoms with E-state index in [-0.39, 0.29) is 6.54 Å². The van der Waals surface area contributed by atoms with E-state index in [1.165, 1.54) is 0 Å². The van der Waals surface area contributed by atoms with Crippen molar-refractivity contribution in [2.45, 2.75) is 32.9 Å². The quantitative estimate of drug-likeness (QED) is 0.934. The van der Waals surface area contributed by atoms with Crippen molar-refractivity contribution in [2.24, 2.45) is 0 Å². The molecule has 0 radical (unpaired) electrons. The lowest BCUT2D eigenvalue weighted by atomic mass is 10.2. The lowest BCUT2D eigenvalue weighted by Crippen LogP contribution is -2.32. The van der Waals surface area contributed by atoms with Crippen molar-refractivity contribution in [3.8, 4) is 5.75 Å². The number of aromatic nitrogens is 1. The first-order chi connectivity index (χ1) is 9.39. The van der Waals surface area contributed by atoms with E-state index in [1.807, 2.05) is 26.8 Å². The molecule has 20 heavy (non-hydrogen) atoms. The fourth-order valence-corrected chi connectivity index (χ4v) is 1.69. The van der Waals surface area contributed by atoms with Gasteiger partial charge in [-0.3, -0.25) is 0 Å². The van der Waals surface area contributed by atoms with E-state index >= 15 is 0 Å². The first kappa shape index (κ1) is 14.2. The van der Waals surface area contributed by atoms with Crippen LogP contribution in [0.15, 0.2) is 22.7 Å². The molecule has 0 saturated heterocycles.